The molecule has 0 N–H and O–H groups in total. The van der Waals surface area contributed by atoms with Gasteiger partial charge in [-0.2, -0.15) is 0 Å². The molecule has 0 saturated carbocycles. The van der Waals surface area contributed by atoms with Crippen LogP contribution in [0.25, 0.3) is 0 Å². The maximum absolute atomic E-state index is 11.4. The molecule has 0 atom stereocenters. The lowest BCUT2D eigenvalue weighted by atomic mass is 10.2. The molecule has 136 valence electrons. The Labute approximate surface area is 155 Å². The molecule has 1 heterocycles. The van der Waals surface area contributed by atoms with Gasteiger partial charge in [0.1, 0.15) is 5.75 Å². The van der Waals surface area contributed by atoms with Crippen LogP contribution in [-0.4, -0.2) is 41.9 Å². The standard InChI is InChI=1S/C18H18ClN3O4/c1-13(23)20-8-10-21(11-9-20)15-3-5-16(6-4-15)26-18-7-2-14(19)12-17(18)22(24)25/h2-7,12H,8-11H2,1H3. The molecule has 2 aromatic carbocycles. The third-order valence-electron chi connectivity index (χ3n) is 4.27. The van der Waals surface area contributed by atoms with Crippen molar-refractivity contribution in [2.24, 2.45) is 0 Å². The van der Waals surface area contributed by atoms with E-state index in [9.17, 15) is 14.9 Å². The Kier molecular flexibility index (Phi) is 5.27. The quantitative estimate of drug-likeness (QED) is 0.601. The first-order valence-electron chi connectivity index (χ1n) is 8.16. The van der Waals surface area contributed by atoms with Crippen LogP contribution < -0.4 is 9.64 Å². The van der Waals surface area contributed by atoms with Crippen molar-refractivity contribution in [2.45, 2.75) is 6.92 Å². The Morgan fingerprint density at radius 1 is 1.12 bits per heavy atom. The van der Waals surface area contributed by atoms with E-state index >= 15 is 0 Å². The van der Waals surface area contributed by atoms with E-state index in [1.807, 2.05) is 17.0 Å². The summed E-state index contributed by atoms with van der Waals surface area (Å²) >= 11 is 5.81. The number of carbonyl (C=O) groups is 1. The molecule has 0 radical (unpaired) electrons. The Morgan fingerprint density at radius 2 is 1.77 bits per heavy atom. The van der Waals surface area contributed by atoms with Crippen molar-refractivity contribution in [3.05, 3.63) is 57.6 Å². The fourth-order valence-corrected chi connectivity index (χ4v) is 3.02. The summed E-state index contributed by atoms with van der Waals surface area (Å²) in [6.45, 7) is 4.51. The van der Waals surface area contributed by atoms with Gasteiger partial charge in [0.25, 0.3) is 0 Å². The number of hydrogen-bond acceptors (Lipinski definition) is 5. The molecule has 1 amide bonds. The summed E-state index contributed by atoms with van der Waals surface area (Å²) in [4.78, 5) is 26.0. The van der Waals surface area contributed by atoms with E-state index < -0.39 is 4.92 Å². The molecule has 1 fully saturated rings. The van der Waals surface area contributed by atoms with Crippen molar-refractivity contribution in [2.75, 3.05) is 31.1 Å². The molecule has 7 nitrogen and oxygen atoms in total. The maximum atomic E-state index is 11.4. The van der Waals surface area contributed by atoms with Crippen molar-refractivity contribution in [1.29, 1.82) is 0 Å². The lowest BCUT2D eigenvalue weighted by molar-refractivity contribution is -0.385. The zero-order valence-electron chi connectivity index (χ0n) is 14.2. The third kappa shape index (κ3) is 4.05. The highest BCUT2D eigenvalue weighted by Gasteiger charge is 2.19. The predicted molar refractivity (Wildman–Crippen MR) is 99.1 cm³/mol. The highest BCUT2D eigenvalue weighted by Crippen LogP contribution is 2.34. The number of amides is 1. The van der Waals surface area contributed by atoms with Crippen LogP contribution in [0.4, 0.5) is 11.4 Å². The first-order valence-corrected chi connectivity index (χ1v) is 8.54. The van der Waals surface area contributed by atoms with Gasteiger partial charge in [-0.25, -0.2) is 0 Å². The summed E-state index contributed by atoms with van der Waals surface area (Å²) in [6, 6.07) is 11.6. The van der Waals surface area contributed by atoms with Gasteiger partial charge in [-0.1, -0.05) is 11.6 Å². The maximum Gasteiger partial charge on any atom is 0.313 e. The molecule has 0 spiro atoms. The lowest BCUT2D eigenvalue weighted by Gasteiger charge is -2.35. The number of piperazine rings is 1. The lowest BCUT2D eigenvalue weighted by Crippen LogP contribution is -2.48. The minimum Gasteiger partial charge on any atom is -0.450 e. The van der Waals surface area contributed by atoms with E-state index in [0.29, 0.717) is 18.8 Å². The number of anilines is 1. The Balaban J connectivity index is 1.69. The molecular weight excluding hydrogens is 358 g/mol. The number of nitro groups is 1. The number of nitrogens with zero attached hydrogens (tertiary/aromatic N) is 3. The van der Waals surface area contributed by atoms with E-state index in [4.69, 9.17) is 16.3 Å². The summed E-state index contributed by atoms with van der Waals surface area (Å²) in [6.07, 6.45) is 0. The van der Waals surface area contributed by atoms with Gasteiger partial charge in [0, 0.05) is 49.9 Å². The normalized spacial score (nSPS) is 14.2. The topological polar surface area (TPSA) is 75.9 Å². The summed E-state index contributed by atoms with van der Waals surface area (Å²) in [7, 11) is 0. The number of nitro benzene ring substituents is 1. The molecule has 0 bridgehead atoms. The van der Waals surface area contributed by atoms with Gasteiger partial charge in [-0.05, 0) is 36.4 Å². The zero-order valence-corrected chi connectivity index (χ0v) is 15.0. The number of carbonyl (C=O) groups excluding carboxylic acids is 1. The van der Waals surface area contributed by atoms with E-state index in [2.05, 4.69) is 4.90 Å². The van der Waals surface area contributed by atoms with Gasteiger partial charge < -0.3 is 14.5 Å². The number of rotatable bonds is 4. The van der Waals surface area contributed by atoms with Crippen molar-refractivity contribution in [3.8, 4) is 11.5 Å². The van der Waals surface area contributed by atoms with Crippen LogP contribution in [-0.2, 0) is 4.79 Å². The van der Waals surface area contributed by atoms with Gasteiger partial charge in [0.05, 0.1) is 4.92 Å². The second-order valence-corrected chi connectivity index (χ2v) is 6.39. The first-order chi connectivity index (χ1) is 12.4. The summed E-state index contributed by atoms with van der Waals surface area (Å²) in [5.74, 6) is 0.738. The average Bonchev–Trinajstić information content (AvgIpc) is 2.64. The van der Waals surface area contributed by atoms with Crippen molar-refractivity contribution in [1.82, 2.24) is 4.90 Å². The average molecular weight is 376 g/mol. The van der Waals surface area contributed by atoms with E-state index in [1.165, 1.54) is 12.1 Å². The number of benzene rings is 2. The SMILES string of the molecule is CC(=O)N1CCN(c2ccc(Oc3ccc(Cl)cc3[N+](=O)[O-])cc2)CC1. The van der Waals surface area contributed by atoms with Gasteiger partial charge in [-0.15, -0.1) is 0 Å². The minimum absolute atomic E-state index is 0.0953. The van der Waals surface area contributed by atoms with Gasteiger partial charge in [0.2, 0.25) is 11.7 Å². The fraction of sp³-hybridized carbons (Fsp3) is 0.278. The molecule has 0 aliphatic carbocycles. The summed E-state index contributed by atoms with van der Waals surface area (Å²) < 4.78 is 5.64. The summed E-state index contributed by atoms with van der Waals surface area (Å²) in [5, 5.41) is 11.4. The monoisotopic (exact) mass is 375 g/mol. The molecular formula is C18H18ClN3O4. The number of hydrogen-bond donors (Lipinski definition) is 0. The third-order valence-corrected chi connectivity index (χ3v) is 4.51. The summed E-state index contributed by atoms with van der Waals surface area (Å²) in [5.41, 5.74) is 0.841. The number of ether oxygens (including phenoxy) is 1. The van der Waals surface area contributed by atoms with Gasteiger partial charge in [0.15, 0.2) is 0 Å². The second-order valence-electron chi connectivity index (χ2n) is 5.96. The molecule has 1 aliphatic heterocycles. The molecule has 1 aliphatic rings. The second kappa shape index (κ2) is 7.61. The molecule has 0 unspecified atom stereocenters. The highest BCUT2D eigenvalue weighted by molar-refractivity contribution is 6.30. The molecule has 0 aromatic heterocycles. The van der Waals surface area contributed by atoms with E-state index in [1.54, 1.807) is 25.1 Å². The first kappa shape index (κ1) is 18.0. The molecule has 2 aromatic rings. The van der Waals surface area contributed by atoms with Crippen LogP contribution in [0.5, 0.6) is 11.5 Å². The van der Waals surface area contributed by atoms with E-state index in [-0.39, 0.29) is 22.4 Å². The highest BCUT2D eigenvalue weighted by atomic mass is 35.5. The van der Waals surface area contributed by atoms with Crippen LogP contribution in [0.1, 0.15) is 6.92 Å². The fourth-order valence-electron chi connectivity index (χ4n) is 2.85. The smallest absolute Gasteiger partial charge is 0.313 e. The van der Waals surface area contributed by atoms with Crippen molar-refractivity contribution in [3.63, 3.8) is 0 Å². The zero-order chi connectivity index (χ0) is 18.7. The van der Waals surface area contributed by atoms with Crippen molar-refractivity contribution >= 4 is 28.9 Å². The van der Waals surface area contributed by atoms with Gasteiger partial charge in [-0.3, -0.25) is 14.9 Å². The van der Waals surface area contributed by atoms with Crippen LogP contribution in [0, 0.1) is 10.1 Å². The Bertz CT molecular complexity index is 818. The van der Waals surface area contributed by atoms with E-state index in [0.717, 1.165) is 18.8 Å². The van der Waals surface area contributed by atoms with Crippen LogP contribution in [0.15, 0.2) is 42.5 Å². The number of halogens is 1. The molecule has 3 rings (SSSR count). The van der Waals surface area contributed by atoms with Crippen LogP contribution in [0.3, 0.4) is 0 Å². The van der Waals surface area contributed by atoms with Gasteiger partial charge >= 0.3 is 5.69 Å². The van der Waals surface area contributed by atoms with Crippen LogP contribution >= 0.6 is 11.6 Å². The molecule has 26 heavy (non-hydrogen) atoms. The molecule has 8 heteroatoms. The van der Waals surface area contributed by atoms with Crippen LogP contribution in [0.2, 0.25) is 5.02 Å². The Morgan fingerprint density at radius 3 is 2.35 bits per heavy atom. The molecule has 1 saturated heterocycles. The Hall–Kier alpha value is -2.80. The predicted octanol–water partition coefficient (Wildman–Crippen LogP) is 3.71. The van der Waals surface area contributed by atoms with Crippen molar-refractivity contribution < 1.29 is 14.5 Å². The largest absolute Gasteiger partial charge is 0.450 e. The minimum atomic E-state index is -0.524.